The Morgan fingerprint density at radius 1 is 1.04 bits per heavy atom. The van der Waals surface area contributed by atoms with Crippen molar-refractivity contribution in [3.8, 4) is 11.1 Å². The first-order chi connectivity index (χ1) is 13.7. The van der Waals surface area contributed by atoms with E-state index in [9.17, 15) is 4.79 Å². The second-order valence-electron chi connectivity index (χ2n) is 7.25. The van der Waals surface area contributed by atoms with Gasteiger partial charge in [-0.1, -0.05) is 43.7 Å². The Hall–Kier alpha value is -3.14. The number of aromatic nitrogens is 1. The number of carbonyl (C=O) groups is 1. The van der Waals surface area contributed by atoms with Gasteiger partial charge in [0.15, 0.2) is 0 Å². The summed E-state index contributed by atoms with van der Waals surface area (Å²) in [6.45, 7) is 4.40. The molecule has 0 spiro atoms. The molecule has 0 aliphatic carbocycles. The third-order valence-electron chi connectivity index (χ3n) is 5.16. The molecule has 142 valence electrons. The molecule has 0 unspecified atom stereocenters. The van der Waals surface area contributed by atoms with Crippen LogP contribution in [0.3, 0.4) is 0 Å². The number of nitrogens with one attached hydrogen (secondary N) is 1. The van der Waals surface area contributed by atoms with Crippen molar-refractivity contribution in [2.75, 3.05) is 11.9 Å². The van der Waals surface area contributed by atoms with Crippen molar-refractivity contribution >= 4 is 11.6 Å². The van der Waals surface area contributed by atoms with Crippen LogP contribution < -0.4 is 5.32 Å². The lowest BCUT2D eigenvalue weighted by molar-refractivity contribution is 0.0776. The summed E-state index contributed by atoms with van der Waals surface area (Å²) in [5.74, 6) is 0.162. The lowest BCUT2D eigenvalue weighted by Gasteiger charge is -2.14. The summed E-state index contributed by atoms with van der Waals surface area (Å²) in [7, 11) is 0. The van der Waals surface area contributed by atoms with Crippen molar-refractivity contribution in [3.05, 3.63) is 83.7 Å². The van der Waals surface area contributed by atoms with E-state index in [0.29, 0.717) is 13.1 Å². The maximum atomic E-state index is 12.5. The van der Waals surface area contributed by atoms with E-state index in [-0.39, 0.29) is 5.91 Å². The molecule has 3 aromatic rings. The SMILES string of the molecule is CCCCN1Cc2cc(NCc3cncc(-c4ccccc4)c3)ccc2C1=O. The number of hydrogen-bond acceptors (Lipinski definition) is 3. The van der Waals surface area contributed by atoms with Crippen LogP contribution in [-0.4, -0.2) is 22.3 Å². The van der Waals surface area contributed by atoms with Crippen LogP contribution in [0.25, 0.3) is 11.1 Å². The quantitative estimate of drug-likeness (QED) is 0.627. The number of benzene rings is 2. The predicted octanol–water partition coefficient (Wildman–Crippen LogP) is 5.12. The normalized spacial score (nSPS) is 12.9. The highest BCUT2D eigenvalue weighted by Gasteiger charge is 2.26. The fourth-order valence-electron chi connectivity index (χ4n) is 3.60. The zero-order chi connectivity index (χ0) is 19.3. The van der Waals surface area contributed by atoms with E-state index in [1.54, 1.807) is 0 Å². The Balaban J connectivity index is 1.44. The second kappa shape index (κ2) is 8.26. The number of carbonyl (C=O) groups excluding carboxylic acids is 1. The number of pyridine rings is 1. The molecule has 2 aromatic carbocycles. The Morgan fingerprint density at radius 2 is 1.89 bits per heavy atom. The van der Waals surface area contributed by atoms with Gasteiger partial charge in [0.2, 0.25) is 0 Å². The van der Waals surface area contributed by atoms with Gasteiger partial charge in [0.1, 0.15) is 0 Å². The number of hydrogen-bond donors (Lipinski definition) is 1. The summed E-state index contributed by atoms with van der Waals surface area (Å²) in [6.07, 6.45) is 5.94. The van der Waals surface area contributed by atoms with Gasteiger partial charge in [-0.05, 0) is 47.4 Å². The average molecular weight is 371 g/mol. The predicted molar refractivity (Wildman–Crippen MR) is 113 cm³/mol. The largest absolute Gasteiger partial charge is 0.381 e. The minimum Gasteiger partial charge on any atom is -0.381 e. The van der Waals surface area contributed by atoms with Crippen LogP contribution in [-0.2, 0) is 13.1 Å². The number of rotatable bonds is 7. The first-order valence-corrected chi connectivity index (χ1v) is 9.90. The maximum Gasteiger partial charge on any atom is 0.254 e. The Bertz CT molecular complexity index is 969. The second-order valence-corrected chi connectivity index (χ2v) is 7.25. The van der Waals surface area contributed by atoms with E-state index >= 15 is 0 Å². The van der Waals surface area contributed by atoms with Crippen molar-refractivity contribution in [2.24, 2.45) is 0 Å². The standard InChI is InChI=1S/C24H25N3O/c1-2-3-11-27-17-21-13-22(9-10-23(21)24(27)28)26-15-18-12-20(16-25-14-18)19-7-5-4-6-8-19/h4-10,12-14,16,26H,2-3,11,15,17H2,1H3. The third-order valence-corrected chi connectivity index (χ3v) is 5.16. The van der Waals surface area contributed by atoms with Gasteiger partial charge in [0.25, 0.3) is 5.91 Å². The summed E-state index contributed by atoms with van der Waals surface area (Å²) >= 11 is 0. The Labute approximate surface area is 166 Å². The van der Waals surface area contributed by atoms with Crippen molar-refractivity contribution in [3.63, 3.8) is 0 Å². The van der Waals surface area contributed by atoms with E-state index < -0.39 is 0 Å². The van der Waals surface area contributed by atoms with Crippen LogP contribution in [0.15, 0.2) is 67.0 Å². The number of fused-ring (bicyclic) bond motifs is 1. The zero-order valence-electron chi connectivity index (χ0n) is 16.2. The van der Waals surface area contributed by atoms with Crippen LogP contribution in [0.5, 0.6) is 0 Å². The fourth-order valence-corrected chi connectivity index (χ4v) is 3.60. The highest BCUT2D eigenvalue weighted by Crippen LogP contribution is 2.26. The van der Waals surface area contributed by atoms with Crippen molar-refractivity contribution in [2.45, 2.75) is 32.9 Å². The monoisotopic (exact) mass is 371 g/mol. The molecular formula is C24H25N3O. The molecular weight excluding hydrogens is 346 g/mol. The number of anilines is 1. The van der Waals surface area contributed by atoms with Crippen LogP contribution in [0.4, 0.5) is 5.69 Å². The third kappa shape index (κ3) is 3.91. The van der Waals surface area contributed by atoms with Crippen LogP contribution in [0.2, 0.25) is 0 Å². The van der Waals surface area contributed by atoms with Gasteiger partial charge in [-0.2, -0.15) is 0 Å². The maximum absolute atomic E-state index is 12.5. The van der Waals surface area contributed by atoms with Gasteiger partial charge >= 0.3 is 0 Å². The molecule has 1 amide bonds. The molecule has 4 heteroatoms. The summed E-state index contributed by atoms with van der Waals surface area (Å²) in [5, 5.41) is 3.47. The molecule has 28 heavy (non-hydrogen) atoms. The van der Waals surface area contributed by atoms with E-state index in [4.69, 9.17) is 0 Å². The first-order valence-electron chi connectivity index (χ1n) is 9.90. The molecule has 1 aliphatic rings. The molecule has 0 atom stereocenters. The van der Waals surface area contributed by atoms with Crippen molar-refractivity contribution < 1.29 is 4.79 Å². The van der Waals surface area contributed by atoms with Crippen molar-refractivity contribution in [1.29, 1.82) is 0 Å². The minimum atomic E-state index is 0.162. The Kier molecular flexibility index (Phi) is 5.38. The van der Waals surface area contributed by atoms with Crippen LogP contribution >= 0.6 is 0 Å². The topological polar surface area (TPSA) is 45.2 Å². The molecule has 0 bridgehead atoms. The van der Waals surface area contributed by atoms with Gasteiger partial charge in [0, 0.05) is 48.8 Å². The van der Waals surface area contributed by atoms with E-state index in [0.717, 1.165) is 47.3 Å². The number of unbranched alkanes of at least 4 members (excludes halogenated alkanes) is 1. The molecule has 1 aromatic heterocycles. The summed E-state index contributed by atoms with van der Waals surface area (Å²) in [4.78, 5) is 18.8. The molecule has 0 saturated heterocycles. The zero-order valence-corrected chi connectivity index (χ0v) is 16.2. The summed E-state index contributed by atoms with van der Waals surface area (Å²) in [6, 6.07) is 18.5. The van der Waals surface area contributed by atoms with Gasteiger partial charge < -0.3 is 10.2 Å². The molecule has 4 rings (SSSR count). The lowest BCUT2D eigenvalue weighted by atomic mass is 10.1. The van der Waals surface area contributed by atoms with Gasteiger partial charge in [-0.3, -0.25) is 9.78 Å². The molecule has 4 nitrogen and oxygen atoms in total. The van der Waals surface area contributed by atoms with Gasteiger partial charge in [0.05, 0.1) is 0 Å². The average Bonchev–Trinajstić information content (AvgIpc) is 3.06. The lowest BCUT2D eigenvalue weighted by Crippen LogP contribution is -2.24. The molecule has 0 saturated carbocycles. The minimum absolute atomic E-state index is 0.162. The molecule has 0 fully saturated rings. The molecule has 1 aliphatic heterocycles. The van der Waals surface area contributed by atoms with Crippen molar-refractivity contribution in [1.82, 2.24) is 9.88 Å². The first kappa shape index (κ1) is 18.2. The van der Waals surface area contributed by atoms with E-state index in [1.807, 2.05) is 47.6 Å². The number of amides is 1. The van der Waals surface area contributed by atoms with Crippen LogP contribution in [0.1, 0.15) is 41.3 Å². The fraction of sp³-hybridized carbons (Fsp3) is 0.250. The smallest absolute Gasteiger partial charge is 0.254 e. The van der Waals surface area contributed by atoms with E-state index in [2.05, 4.69) is 41.5 Å². The summed E-state index contributed by atoms with van der Waals surface area (Å²) in [5.41, 5.74) is 6.40. The summed E-state index contributed by atoms with van der Waals surface area (Å²) < 4.78 is 0. The Morgan fingerprint density at radius 3 is 2.71 bits per heavy atom. The van der Waals surface area contributed by atoms with E-state index in [1.165, 1.54) is 5.56 Å². The molecule has 0 radical (unpaired) electrons. The highest BCUT2D eigenvalue weighted by atomic mass is 16.2. The highest BCUT2D eigenvalue weighted by molar-refractivity contribution is 5.98. The molecule has 1 N–H and O–H groups in total. The van der Waals surface area contributed by atoms with Crippen LogP contribution in [0, 0.1) is 0 Å². The molecule has 2 heterocycles. The van der Waals surface area contributed by atoms with Gasteiger partial charge in [-0.25, -0.2) is 0 Å². The number of nitrogens with zero attached hydrogens (tertiary/aromatic N) is 2. The van der Waals surface area contributed by atoms with Gasteiger partial charge in [-0.15, -0.1) is 0 Å².